The molecule has 1 aliphatic heterocycles. The molecule has 3 rings (SSSR count). The van der Waals surface area contributed by atoms with Gasteiger partial charge in [0.2, 0.25) is 0 Å². The van der Waals surface area contributed by atoms with Crippen molar-refractivity contribution in [2.45, 2.75) is 13.0 Å². The number of benzene rings is 1. The Kier molecular flexibility index (Phi) is 3.51. The molecule has 1 saturated heterocycles. The first-order valence-corrected chi connectivity index (χ1v) is 6.85. The standard InChI is InChI=1S/C16H18N2O2/c1-10-3-4-11-7-12(5-6-14(11)18-10)16(19)13-8-20-9-15(13)17-2/h3-7,13,15,17H,8-9H2,1-2H3. The molecule has 1 aliphatic rings. The summed E-state index contributed by atoms with van der Waals surface area (Å²) in [7, 11) is 1.87. The Balaban J connectivity index is 1.93. The van der Waals surface area contributed by atoms with E-state index in [0.29, 0.717) is 13.2 Å². The summed E-state index contributed by atoms with van der Waals surface area (Å²) >= 11 is 0. The maximum Gasteiger partial charge on any atom is 0.169 e. The molecule has 2 heterocycles. The SMILES string of the molecule is CNC1COCC1C(=O)c1ccc2nc(C)ccc2c1. The molecule has 2 aromatic rings. The molecule has 1 fully saturated rings. The van der Waals surface area contributed by atoms with Crippen LogP contribution < -0.4 is 5.32 Å². The molecule has 0 saturated carbocycles. The van der Waals surface area contributed by atoms with Crippen LogP contribution in [0.4, 0.5) is 0 Å². The number of rotatable bonds is 3. The second kappa shape index (κ2) is 5.31. The first-order valence-electron chi connectivity index (χ1n) is 6.85. The van der Waals surface area contributed by atoms with Gasteiger partial charge in [-0.2, -0.15) is 0 Å². The van der Waals surface area contributed by atoms with Gasteiger partial charge in [-0.3, -0.25) is 9.78 Å². The van der Waals surface area contributed by atoms with E-state index in [4.69, 9.17) is 4.74 Å². The maximum absolute atomic E-state index is 12.6. The van der Waals surface area contributed by atoms with Crippen molar-refractivity contribution in [3.05, 3.63) is 41.6 Å². The van der Waals surface area contributed by atoms with Gasteiger partial charge in [0, 0.05) is 22.7 Å². The van der Waals surface area contributed by atoms with Crippen LogP contribution >= 0.6 is 0 Å². The molecule has 2 atom stereocenters. The number of nitrogens with one attached hydrogen (secondary N) is 1. The number of Topliss-reactive ketones (excluding diaryl/α,β-unsaturated/α-hetero) is 1. The molecule has 0 amide bonds. The lowest BCUT2D eigenvalue weighted by molar-refractivity contribution is 0.0892. The summed E-state index contributed by atoms with van der Waals surface area (Å²) in [5.74, 6) is 0.0418. The van der Waals surface area contributed by atoms with E-state index in [9.17, 15) is 4.79 Å². The van der Waals surface area contributed by atoms with Crippen molar-refractivity contribution >= 4 is 16.7 Å². The third-order valence-electron chi connectivity index (χ3n) is 3.90. The van der Waals surface area contributed by atoms with Gasteiger partial charge in [-0.25, -0.2) is 0 Å². The molecule has 0 radical (unpaired) electrons. The number of hydrogen-bond acceptors (Lipinski definition) is 4. The minimum Gasteiger partial charge on any atom is -0.379 e. The van der Waals surface area contributed by atoms with Gasteiger partial charge in [0.15, 0.2) is 5.78 Å². The van der Waals surface area contributed by atoms with Gasteiger partial charge in [-0.15, -0.1) is 0 Å². The number of aromatic nitrogens is 1. The van der Waals surface area contributed by atoms with E-state index in [0.717, 1.165) is 22.2 Å². The molecular weight excluding hydrogens is 252 g/mol. The maximum atomic E-state index is 12.6. The highest BCUT2D eigenvalue weighted by Gasteiger charge is 2.33. The molecule has 1 aromatic carbocycles. The summed E-state index contributed by atoms with van der Waals surface area (Å²) in [4.78, 5) is 17.0. The van der Waals surface area contributed by atoms with Crippen molar-refractivity contribution in [3.63, 3.8) is 0 Å². The highest BCUT2D eigenvalue weighted by Crippen LogP contribution is 2.22. The third kappa shape index (κ3) is 2.32. The molecule has 4 heteroatoms. The van der Waals surface area contributed by atoms with E-state index in [-0.39, 0.29) is 17.7 Å². The van der Waals surface area contributed by atoms with Crippen LogP contribution in [-0.2, 0) is 4.74 Å². The van der Waals surface area contributed by atoms with E-state index in [1.807, 2.05) is 44.3 Å². The van der Waals surface area contributed by atoms with Crippen molar-refractivity contribution in [1.29, 1.82) is 0 Å². The Labute approximate surface area is 118 Å². The Morgan fingerprint density at radius 2 is 2.15 bits per heavy atom. The molecule has 0 aliphatic carbocycles. The molecule has 0 bridgehead atoms. The summed E-state index contributed by atoms with van der Waals surface area (Å²) in [6.07, 6.45) is 0. The van der Waals surface area contributed by atoms with E-state index in [1.165, 1.54) is 0 Å². The van der Waals surface area contributed by atoms with Gasteiger partial charge in [0.05, 0.1) is 24.6 Å². The van der Waals surface area contributed by atoms with E-state index in [2.05, 4.69) is 10.3 Å². The van der Waals surface area contributed by atoms with Gasteiger partial charge in [0.25, 0.3) is 0 Å². The van der Waals surface area contributed by atoms with E-state index >= 15 is 0 Å². The summed E-state index contributed by atoms with van der Waals surface area (Å²) in [5.41, 5.74) is 2.64. The summed E-state index contributed by atoms with van der Waals surface area (Å²) in [6.45, 7) is 3.06. The Hall–Kier alpha value is -1.78. The monoisotopic (exact) mass is 270 g/mol. The Morgan fingerprint density at radius 3 is 2.95 bits per heavy atom. The van der Waals surface area contributed by atoms with Gasteiger partial charge in [-0.1, -0.05) is 6.07 Å². The van der Waals surface area contributed by atoms with Crippen molar-refractivity contribution in [1.82, 2.24) is 10.3 Å². The highest BCUT2D eigenvalue weighted by atomic mass is 16.5. The number of hydrogen-bond donors (Lipinski definition) is 1. The number of aryl methyl sites for hydroxylation is 1. The van der Waals surface area contributed by atoms with Crippen molar-refractivity contribution in [2.24, 2.45) is 5.92 Å². The van der Waals surface area contributed by atoms with E-state index in [1.54, 1.807) is 0 Å². The topological polar surface area (TPSA) is 51.2 Å². The average molecular weight is 270 g/mol. The fourth-order valence-electron chi connectivity index (χ4n) is 2.69. The third-order valence-corrected chi connectivity index (χ3v) is 3.90. The Morgan fingerprint density at radius 1 is 1.30 bits per heavy atom. The summed E-state index contributed by atoms with van der Waals surface area (Å²) < 4.78 is 5.41. The number of carbonyl (C=O) groups excluding carboxylic acids is 1. The van der Waals surface area contributed by atoms with E-state index < -0.39 is 0 Å². The fraction of sp³-hybridized carbons (Fsp3) is 0.375. The smallest absolute Gasteiger partial charge is 0.169 e. The lowest BCUT2D eigenvalue weighted by Gasteiger charge is -2.15. The van der Waals surface area contributed by atoms with Crippen molar-refractivity contribution in [2.75, 3.05) is 20.3 Å². The normalized spacial score (nSPS) is 22.3. The van der Waals surface area contributed by atoms with Crippen LogP contribution in [0.25, 0.3) is 10.9 Å². The molecule has 1 N–H and O–H groups in total. The summed E-state index contributed by atoms with van der Waals surface area (Å²) in [5, 5.41) is 4.15. The van der Waals surface area contributed by atoms with Crippen molar-refractivity contribution < 1.29 is 9.53 Å². The molecule has 1 aromatic heterocycles. The van der Waals surface area contributed by atoms with Gasteiger partial charge in [0.1, 0.15) is 0 Å². The predicted octanol–water partition coefficient (Wildman–Crippen LogP) is 1.96. The molecule has 0 spiro atoms. The minimum absolute atomic E-state index is 0.101. The number of likely N-dealkylation sites (N-methyl/N-ethyl adjacent to an activating group) is 1. The molecule has 20 heavy (non-hydrogen) atoms. The Bertz CT molecular complexity index is 654. The zero-order chi connectivity index (χ0) is 14.1. The van der Waals surface area contributed by atoms with Crippen LogP contribution in [0, 0.1) is 12.8 Å². The zero-order valence-corrected chi connectivity index (χ0v) is 11.7. The van der Waals surface area contributed by atoms with Crippen LogP contribution in [0.5, 0.6) is 0 Å². The second-order valence-corrected chi connectivity index (χ2v) is 5.26. The predicted molar refractivity (Wildman–Crippen MR) is 78.0 cm³/mol. The van der Waals surface area contributed by atoms with Crippen LogP contribution in [0.2, 0.25) is 0 Å². The molecule has 4 nitrogen and oxygen atoms in total. The lowest BCUT2D eigenvalue weighted by atomic mass is 9.93. The number of ketones is 1. The number of fused-ring (bicyclic) bond motifs is 1. The highest BCUT2D eigenvalue weighted by molar-refractivity contribution is 6.01. The van der Waals surface area contributed by atoms with Gasteiger partial charge in [-0.05, 0) is 38.2 Å². The van der Waals surface area contributed by atoms with Crippen LogP contribution in [0.3, 0.4) is 0 Å². The second-order valence-electron chi connectivity index (χ2n) is 5.26. The number of ether oxygens (including phenoxy) is 1. The zero-order valence-electron chi connectivity index (χ0n) is 11.7. The largest absolute Gasteiger partial charge is 0.379 e. The fourth-order valence-corrected chi connectivity index (χ4v) is 2.69. The molecule has 104 valence electrons. The van der Waals surface area contributed by atoms with Gasteiger partial charge < -0.3 is 10.1 Å². The summed E-state index contributed by atoms with van der Waals surface area (Å²) in [6, 6.07) is 9.78. The van der Waals surface area contributed by atoms with Crippen LogP contribution in [-0.4, -0.2) is 37.1 Å². The van der Waals surface area contributed by atoms with Crippen LogP contribution in [0.1, 0.15) is 16.1 Å². The number of pyridine rings is 1. The number of carbonyl (C=O) groups is 1. The lowest BCUT2D eigenvalue weighted by Crippen LogP contribution is -2.36. The first-order chi connectivity index (χ1) is 9.69. The van der Waals surface area contributed by atoms with Crippen LogP contribution in [0.15, 0.2) is 30.3 Å². The van der Waals surface area contributed by atoms with Gasteiger partial charge >= 0.3 is 0 Å². The minimum atomic E-state index is -0.101. The first kappa shape index (κ1) is 13.2. The molecule has 2 unspecified atom stereocenters. The average Bonchev–Trinajstić information content (AvgIpc) is 2.94. The molecular formula is C16H18N2O2. The van der Waals surface area contributed by atoms with Crippen molar-refractivity contribution in [3.8, 4) is 0 Å². The number of nitrogens with zero attached hydrogens (tertiary/aromatic N) is 1. The quantitative estimate of drug-likeness (QED) is 0.866.